The molecule has 1 heterocycles. The van der Waals surface area contributed by atoms with Crippen molar-refractivity contribution in [3.8, 4) is 11.4 Å². The summed E-state index contributed by atoms with van der Waals surface area (Å²) in [7, 11) is 2.90. The van der Waals surface area contributed by atoms with Gasteiger partial charge in [-0.1, -0.05) is 36.4 Å². The molecule has 4 rings (SSSR count). The number of nitrogens with one attached hydrogen (secondary N) is 1. The molecule has 0 unspecified atom stereocenters. The maximum absolute atomic E-state index is 13.4. The van der Waals surface area contributed by atoms with E-state index in [1.54, 1.807) is 38.3 Å². The number of nitrogens with zero attached hydrogens (tertiary/aromatic N) is 2. The first kappa shape index (κ1) is 21.1. The summed E-state index contributed by atoms with van der Waals surface area (Å²) in [6.07, 6.45) is -0.0768. The second-order valence-electron chi connectivity index (χ2n) is 7.25. The fourth-order valence-corrected chi connectivity index (χ4v) is 3.66. The number of carbonyl (C=O) groups excluding carboxylic acids is 1. The number of benzene rings is 3. The number of ether oxygens (including phenoxy) is 2. The number of hydrogen-bond donors (Lipinski definition) is 1. The summed E-state index contributed by atoms with van der Waals surface area (Å²) in [4.78, 5) is 30.2. The molecule has 0 spiro atoms. The third-order valence-corrected chi connectivity index (χ3v) is 5.26. The number of rotatable bonds is 6. The Bertz CT molecular complexity index is 1360. The summed E-state index contributed by atoms with van der Waals surface area (Å²) in [6, 6.07) is 20.8. The normalized spacial score (nSPS) is 11.5. The summed E-state index contributed by atoms with van der Waals surface area (Å²) in [5, 5.41) is 5.09. The van der Waals surface area contributed by atoms with Crippen LogP contribution in [0.4, 0.5) is 5.69 Å². The Kier molecular flexibility index (Phi) is 5.89. The molecular weight excluding hydrogens is 406 g/mol. The molecular formula is C25H23N3O4. The molecule has 0 saturated carbocycles. The number of carbonyl (C=O) groups is 1. The van der Waals surface area contributed by atoms with Gasteiger partial charge in [0.25, 0.3) is 5.56 Å². The summed E-state index contributed by atoms with van der Waals surface area (Å²) in [5.41, 5.74) is 2.37. The lowest BCUT2D eigenvalue weighted by Crippen LogP contribution is -2.20. The summed E-state index contributed by atoms with van der Waals surface area (Å²) in [5.74, 6) is 0.226. The van der Waals surface area contributed by atoms with Gasteiger partial charge in [0.1, 0.15) is 5.75 Å². The largest absolute Gasteiger partial charge is 0.497 e. The smallest absolute Gasteiger partial charge is 0.311 e. The van der Waals surface area contributed by atoms with E-state index in [4.69, 9.17) is 14.5 Å². The van der Waals surface area contributed by atoms with Crippen LogP contribution in [0.25, 0.3) is 16.5 Å². The second kappa shape index (κ2) is 8.93. The molecule has 4 aromatic rings. The van der Waals surface area contributed by atoms with E-state index in [0.717, 1.165) is 16.5 Å². The van der Waals surface area contributed by atoms with Gasteiger partial charge < -0.3 is 9.47 Å². The first-order chi connectivity index (χ1) is 15.5. The molecule has 0 saturated heterocycles. The molecule has 7 nitrogen and oxygen atoms in total. The zero-order valence-corrected chi connectivity index (χ0v) is 18.1. The van der Waals surface area contributed by atoms with Gasteiger partial charge in [-0.05, 0) is 42.6 Å². The minimum Gasteiger partial charge on any atom is -0.497 e. The predicted octanol–water partition coefficient (Wildman–Crippen LogP) is 4.18. The highest BCUT2D eigenvalue weighted by atomic mass is 16.5. The fourth-order valence-electron chi connectivity index (χ4n) is 3.66. The van der Waals surface area contributed by atoms with E-state index >= 15 is 0 Å². The quantitative estimate of drug-likeness (QED) is 0.368. The van der Waals surface area contributed by atoms with Crippen molar-refractivity contribution >= 4 is 28.1 Å². The Morgan fingerprint density at radius 3 is 2.44 bits per heavy atom. The van der Waals surface area contributed by atoms with Gasteiger partial charge in [0.15, 0.2) is 0 Å². The Labute approximate surface area is 184 Å². The highest BCUT2D eigenvalue weighted by Crippen LogP contribution is 2.26. The lowest BCUT2D eigenvalue weighted by molar-refractivity contribution is -0.139. The summed E-state index contributed by atoms with van der Waals surface area (Å²) in [6.45, 7) is 1.77. The van der Waals surface area contributed by atoms with Crippen LogP contribution in [0.5, 0.6) is 5.75 Å². The molecule has 1 aromatic heterocycles. The van der Waals surface area contributed by atoms with E-state index in [1.807, 2.05) is 42.5 Å². The lowest BCUT2D eigenvalue weighted by atomic mass is 10.1. The maximum atomic E-state index is 13.4. The molecule has 0 bridgehead atoms. The van der Waals surface area contributed by atoms with Gasteiger partial charge in [-0.25, -0.2) is 4.68 Å². The Morgan fingerprint density at radius 2 is 1.72 bits per heavy atom. The average Bonchev–Trinajstić information content (AvgIpc) is 3.14. The summed E-state index contributed by atoms with van der Waals surface area (Å²) >= 11 is 0. The number of hydrogen-bond acceptors (Lipinski definition) is 5. The highest BCUT2D eigenvalue weighted by Gasteiger charge is 2.20. The van der Waals surface area contributed by atoms with Crippen LogP contribution in [0.2, 0.25) is 0 Å². The van der Waals surface area contributed by atoms with Crippen LogP contribution in [-0.4, -0.2) is 35.7 Å². The van der Waals surface area contributed by atoms with Crippen LogP contribution in [0.3, 0.4) is 0 Å². The SMILES string of the molecule is COC(=O)Cc1[nH]n(-c2ccc(OC)cc2)c(=O)c1C(C)=Nc1cccc2ccccc12. The molecule has 7 heteroatoms. The third kappa shape index (κ3) is 4.05. The van der Waals surface area contributed by atoms with Crippen molar-refractivity contribution in [2.24, 2.45) is 4.99 Å². The zero-order valence-electron chi connectivity index (χ0n) is 18.1. The number of aromatic nitrogens is 2. The fraction of sp³-hybridized carbons (Fsp3) is 0.160. The molecule has 162 valence electrons. The molecule has 0 amide bonds. The minimum atomic E-state index is -0.452. The van der Waals surface area contributed by atoms with E-state index in [1.165, 1.54) is 11.8 Å². The predicted molar refractivity (Wildman–Crippen MR) is 124 cm³/mol. The molecule has 32 heavy (non-hydrogen) atoms. The van der Waals surface area contributed by atoms with Gasteiger partial charge in [-0.15, -0.1) is 0 Å². The standard InChI is InChI=1S/C25H23N3O4/c1-16(26-21-10-6-8-17-7-4-5-9-20(17)21)24-22(15-23(29)32-3)27-28(25(24)30)18-11-13-19(31-2)14-12-18/h4-14,27H,15H2,1-3H3. The van der Waals surface area contributed by atoms with Gasteiger partial charge in [0.05, 0.1) is 49.0 Å². The van der Waals surface area contributed by atoms with Crippen LogP contribution >= 0.6 is 0 Å². The molecule has 0 aliphatic carbocycles. The lowest BCUT2D eigenvalue weighted by Gasteiger charge is -2.04. The molecule has 0 aliphatic rings. The van der Waals surface area contributed by atoms with Crippen LogP contribution in [0.1, 0.15) is 18.2 Å². The third-order valence-electron chi connectivity index (χ3n) is 5.26. The Balaban J connectivity index is 1.85. The molecule has 0 radical (unpaired) electrons. The van der Waals surface area contributed by atoms with Crippen molar-refractivity contribution in [3.63, 3.8) is 0 Å². The van der Waals surface area contributed by atoms with Crippen LogP contribution in [-0.2, 0) is 16.0 Å². The minimum absolute atomic E-state index is 0.0768. The Hall–Kier alpha value is -4.13. The first-order valence-corrected chi connectivity index (χ1v) is 10.1. The number of aromatic amines is 1. The van der Waals surface area contributed by atoms with E-state index in [2.05, 4.69) is 5.10 Å². The highest BCUT2D eigenvalue weighted by molar-refractivity contribution is 6.04. The van der Waals surface area contributed by atoms with Crippen molar-refractivity contribution < 1.29 is 14.3 Å². The number of methoxy groups -OCH3 is 2. The molecule has 0 aliphatic heterocycles. The van der Waals surface area contributed by atoms with Crippen molar-refractivity contribution in [3.05, 3.63) is 88.3 Å². The van der Waals surface area contributed by atoms with Crippen LogP contribution in [0, 0.1) is 0 Å². The first-order valence-electron chi connectivity index (χ1n) is 10.1. The van der Waals surface area contributed by atoms with Crippen molar-refractivity contribution in [1.29, 1.82) is 0 Å². The Morgan fingerprint density at radius 1 is 1.00 bits per heavy atom. The number of H-pyrrole nitrogens is 1. The number of esters is 1. The molecule has 3 aromatic carbocycles. The van der Waals surface area contributed by atoms with Crippen molar-refractivity contribution in [2.45, 2.75) is 13.3 Å². The molecule has 0 fully saturated rings. The number of aliphatic imine (C=N–C) groups is 1. The van der Waals surface area contributed by atoms with E-state index < -0.39 is 5.97 Å². The van der Waals surface area contributed by atoms with Crippen LogP contribution in [0.15, 0.2) is 76.5 Å². The van der Waals surface area contributed by atoms with Crippen molar-refractivity contribution in [1.82, 2.24) is 9.78 Å². The summed E-state index contributed by atoms with van der Waals surface area (Å²) < 4.78 is 11.4. The molecule has 0 atom stereocenters. The molecule has 1 N–H and O–H groups in total. The monoisotopic (exact) mass is 429 g/mol. The van der Waals surface area contributed by atoms with Gasteiger partial charge in [0.2, 0.25) is 0 Å². The van der Waals surface area contributed by atoms with Gasteiger partial charge in [-0.3, -0.25) is 19.7 Å². The average molecular weight is 429 g/mol. The van der Waals surface area contributed by atoms with E-state index in [9.17, 15) is 9.59 Å². The second-order valence-corrected chi connectivity index (χ2v) is 7.25. The van der Waals surface area contributed by atoms with Gasteiger partial charge in [-0.2, -0.15) is 0 Å². The topological polar surface area (TPSA) is 85.7 Å². The maximum Gasteiger partial charge on any atom is 0.311 e. The van der Waals surface area contributed by atoms with Crippen LogP contribution < -0.4 is 10.3 Å². The van der Waals surface area contributed by atoms with Gasteiger partial charge >= 0.3 is 5.97 Å². The van der Waals surface area contributed by atoms with Crippen molar-refractivity contribution in [2.75, 3.05) is 14.2 Å². The van der Waals surface area contributed by atoms with E-state index in [-0.39, 0.29) is 12.0 Å². The zero-order chi connectivity index (χ0) is 22.7. The number of fused-ring (bicyclic) bond motifs is 1. The van der Waals surface area contributed by atoms with Gasteiger partial charge in [0, 0.05) is 5.39 Å². The van der Waals surface area contributed by atoms with E-state index in [0.29, 0.717) is 28.4 Å².